The largest absolute Gasteiger partial charge is 0.324 e. The first-order valence-electron chi connectivity index (χ1n) is 8.98. The Morgan fingerprint density at radius 3 is 2.64 bits per heavy atom. The number of nitrogens with one attached hydrogen (secondary N) is 1. The van der Waals surface area contributed by atoms with Crippen molar-refractivity contribution in [1.82, 2.24) is 9.97 Å². The van der Waals surface area contributed by atoms with Crippen LogP contribution in [0.3, 0.4) is 0 Å². The van der Waals surface area contributed by atoms with Crippen LogP contribution in [0.15, 0.2) is 79.5 Å². The molecule has 0 amide bonds. The topological polar surface area (TPSA) is 61.6 Å². The molecular weight excluding hydrogens is 344 g/mol. The summed E-state index contributed by atoms with van der Waals surface area (Å²) < 4.78 is 0. The second-order valence-corrected chi connectivity index (χ2v) is 6.42. The molecule has 0 saturated carbocycles. The number of aromatic nitrogens is 2. The van der Waals surface area contributed by atoms with E-state index in [0.717, 1.165) is 38.8 Å². The van der Waals surface area contributed by atoms with Gasteiger partial charge in [-0.25, -0.2) is 9.97 Å². The van der Waals surface area contributed by atoms with Crippen molar-refractivity contribution in [1.29, 1.82) is 5.26 Å². The number of rotatable bonds is 5. The lowest BCUT2D eigenvalue weighted by molar-refractivity contribution is 1.21. The summed E-state index contributed by atoms with van der Waals surface area (Å²) in [5.41, 5.74) is 5.86. The maximum absolute atomic E-state index is 9.06. The number of anilines is 2. The van der Waals surface area contributed by atoms with Crippen molar-refractivity contribution in [3.05, 3.63) is 90.6 Å². The van der Waals surface area contributed by atoms with Crippen LogP contribution in [0.25, 0.3) is 28.1 Å². The molecule has 1 heterocycles. The minimum Gasteiger partial charge on any atom is -0.324 e. The maximum Gasteiger partial charge on any atom is 0.227 e. The number of benzene rings is 3. The molecule has 134 valence electrons. The van der Waals surface area contributed by atoms with Crippen LogP contribution in [0.1, 0.15) is 11.1 Å². The molecule has 0 fully saturated rings. The first-order valence-corrected chi connectivity index (χ1v) is 8.98. The molecule has 0 atom stereocenters. The summed E-state index contributed by atoms with van der Waals surface area (Å²) in [5, 5.41) is 13.4. The summed E-state index contributed by atoms with van der Waals surface area (Å²) >= 11 is 0. The average molecular weight is 362 g/mol. The van der Waals surface area contributed by atoms with E-state index in [1.54, 1.807) is 0 Å². The van der Waals surface area contributed by atoms with Gasteiger partial charge in [0.2, 0.25) is 5.95 Å². The molecule has 0 saturated heterocycles. The summed E-state index contributed by atoms with van der Waals surface area (Å²) in [6, 6.07) is 24.2. The van der Waals surface area contributed by atoms with Gasteiger partial charge in [-0.2, -0.15) is 5.26 Å². The van der Waals surface area contributed by atoms with E-state index in [0.29, 0.717) is 12.4 Å². The molecule has 4 rings (SSSR count). The van der Waals surface area contributed by atoms with Crippen LogP contribution >= 0.6 is 0 Å². The van der Waals surface area contributed by atoms with Crippen molar-refractivity contribution in [3.63, 3.8) is 0 Å². The fourth-order valence-corrected chi connectivity index (χ4v) is 3.09. The van der Waals surface area contributed by atoms with Gasteiger partial charge in [0.1, 0.15) is 0 Å². The average Bonchev–Trinajstić information content (AvgIpc) is 2.75. The first kappa shape index (κ1) is 17.4. The zero-order valence-corrected chi connectivity index (χ0v) is 15.3. The summed E-state index contributed by atoms with van der Waals surface area (Å²) in [6.07, 6.45) is 4.00. The zero-order valence-electron chi connectivity index (χ0n) is 15.3. The minimum absolute atomic E-state index is 0.366. The minimum atomic E-state index is 0.366. The second-order valence-electron chi connectivity index (χ2n) is 6.42. The van der Waals surface area contributed by atoms with Crippen molar-refractivity contribution in [2.45, 2.75) is 6.42 Å². The highest BCUT2D eigenvalue weighted by Crippen LogP contribution is 2.31. The van der Waals surface area contributed by atoms with E-state index in [4.69, 9.17) is 5.26 Å². The SMILES string of the molecule is C=Cc1ccc(-c2cc(CC#N)ccc2Nc2ncc3ccccc3n2)cc1. The van der Waals surface area contributed by atoms with Gasteiger partial charge in [0.15, 0.2) is 0 Å². The highest BCUT2D eigenvalue weighted by atomic mass is 15.1. The van der Waals surface area contributed by atoms with Crippen LogP contribution in [0.5, 0.6) is 0 Å². The molecule has 0 spiro atoms. The lowest BCUT2D eigenvalue weighted by Gasteiger charge is -2.13. The van der Waals surface area contributed by atoms with Crippen molar-refractivity contribution in [3.8, 4) is 17.2 Å². The molecule has 0 aliphatic rings. The Labute approximate surface area is 163 Å². The predicted octanol–water partition coefficient (Wildman–Crippen LogP) is 5.75. The third-order valence-electron chi connectivity index (χ3n) is 4.56. The van der Waals surface area contributed by atoms with Crippen LogP contribution in [0, 0.1) is 11.3 Å². The van der Waals surface area contributed by atoms with Gasteiger partial charge >= 0.3 is 0 Å². The number of nitrogens with zero attached hydrogens (tertiary/aromatic N) is 3. The third-order valence-corrected chi connectivity index (χ3v) is 4.56. The summed E-state index contributed by atoms with van der Waals surface area (Å²) in [5.74, 6) is 0.538. The molecule has 1 aromatic heterocycles. The Hall–Kier alpha value is -3.97. The van der Waals surface area contributed by atoms with Crippen molar-refractivity contribution in [2.24, 2.45) is 0 Å². The van der Waals surface area contributed by atoms with Crippen LogP contribution in [0.4, 0.5) is 11.6 Å². The number of nitriles is 1. The fourth-order valence-electron chi connectivity index (χ4n) is 3.09. The number of hydrogen-bond acceptors (Lipinski definition) is 4. The molecule has 0 unspecified atom stereocenters. The number of para-hydroxylation sites is 1. The van der Waals surface area contributed by atoms with E-state index in [2.05, 4.69) is 40.1 Å². The van der Waals surface area contributed by atoms with E-state index >= 15 is 0 Å². The van der Waals surface area contributed by atoms with Gasteiger partial charge in [0.25, 0.3) is 0 Å². The third kappa shape index (κ3) is 3.60. The molecule has 1 N–H and O–H groups in total. The van der Waals surface area contributed by atoms with Crippen LogP contribution in [-0.4, -0.2) is 9.97 Å². The molecule has 3 aromatic carbocycles. The fraction of sp³-hybridized carbons (Fsp3) is 0.0417. The number of hydrogen-bond donors (Lipinski definition) is 1. The molecule has 28 heavy (non-hydrogen) atoms. The number of fused-ring (bicyclic) bond motifs is 1. The Morgan fingerprint density at radius 2 is 1.86 bits per heavy atom. The van der Waals surface area contributed by atoms with E-state index < -0.39 is 0 Å². The quantitative estimate of drug-likeness (QED) is 0.491. The van der Waals surface area contributed by atoms with Gasteiger partial charge in [-0.3, -0.25) is 0 Å². The van der Waals surface area contributed by atoms with E-state index in [1.807, 2.05) is 66.9 Å². The van der Waals surface area contributed by atoms with E-state index in [1.165, 1.54) is 0 Å². The Kier molecular flexibility index (Phi) is 4.81. The smallest absolute Gasteiger partial charge is 0.227 e. The van der Waals surface area contributed by atoms with Gasteiger partial charge < -0.3 is 5.32 Å². The van der Waals surface area contributed by atoms with Crippen LogP contribution in [0.2, 0.25) is 0 Å². The highest BCUT2D eigenvalue weighted by Gasteiger charge is 2.09. The van der Waals surface area contributed by atoms with E-state index in [-0.39, 0.29) is 0 Å². The van der Waals surface area contributed by atoms with Crippen molar-refractivity contribution < 1.29 is 0 Å². The summed E-state index contributed by atoms with van der Waals surface area (Å²) in [4.78, 5) is 9.04. The van der Waals surface area contributed by atoms with Crippen LogP contribution < -0.4 is 5.32 Å². The Bertz CT molecular complexity index is 1190. The van der Waals surface area contributed by atoms with Gasteiger partial charge in [0, 0.05) is 22.8 Å². The highest BCUT2D eigenvalue weighted by molar-refractivity contribution is 5.83. The molecule has 0 aliphatic carbocycles. The van der Waals surface area contributed by atoms with Crippen LogP contribution in [-0.2, 0) is 6.42 Å². The molecule has 0 aliphatic heterocycles. The summed E-state index contributed by atoms with van der Waals surface area (Å²) in [7, 11) is 0. The lowest BCUT2D eigenvalue weighted by Crippen LogP contribution is -1.99. The molecule has 0 radical (unpaired) electrons. The Balaban J connectivity index is 1.75. The Morgan fingerprint density at radius 1 is 1.04 bits per heavy atom. The lowest BCUT2D eigenvalue weighted by atomic mass is 9.99. The van der Waals surface area contributed by atoms with Crippen molar-refractivity contribution >= 4 is 28.6 Å². The molecule has 4 aromatic rings. The second kappa shape index (κ2) is 7.73. The predicted molar refractivity (Wildman–Crippen MR) is 114 cm³/mol. The van der Waals surface area contributed by atoms with Gasteiger partial charge in [0.05, 0.1) is 18.0 Å². The van der Waals surface area contributed by atoms with E-state index in [9.17, 15) is 0 Å². The van der Waals surface area contributed by atoms with Gasteiger partial charge in [-0.15, -0.1) is 0 Å². The monoisotopic (exact) mass is 362 g/mol. The maximum atomic E-state index is 9.06. The standard InChI is InChI=1S/C24H18N4/c1-2-17-7-10-19(11-8-17)21-15-18(13-14-25)9-12-23(21)28-24-26-16-20-5-3-4-6-22(20)27-24/h2-12,15-16H,1,13H2,(H,26,27,28). The molecule has 4 heteroatoms. The van der Waals surface area contributed by atoms with Gasteiger partial charge in [-0.1, -0.05) is 61.2 Å². The normalized spacial score (nSPS) is 10.4. The van der Waals surface area contributed by atoms with Gasteiger partial charge in [-0.05, 0) is 34.9 Å². The molecule has 0 bridgehead atoms. The summed E-state index contributed by atoms with van der Waals surface area (Å²) in [6.45, 7) is 3.81. The van der Waals surface area contributed by atoms with Crippen molar-refractivity contribution in [2.75, 3.05) is 5.32 Å². The molecular formula is C24H18N4. The molecule has 4 nitrogen and oxygen atoms in total. The zero-order chi connectivity index (χ0) is 19.3. The first-order chi connectivity index (χ1) is 13.8.